The fourth-order valence-electron chi connectivity index (χ4n) is 3.23. The van der Waals surface area contributed by atoms with Crippen molar-refractivity contribution in [1.82, 2.24) is 15.3 Å². The van der Waals surface area contributed by atoms with Gasteiger partial charge in [0, 0.05) is 24.2 Å². The van der Waals surface area contributed by atoms with Crippen molar-refractivity contribution in [1.29, 1.82) is 0 Å². The largest absolute Gasteiger partial charge is 0.492 e. The van der Waals surface area contributed by atoms with E-state index in [1.54, 1.807) is 7.05 Å². The van der Waals surface area contributed by atoms with E-state index in [2.05, 4.69) is 40.5 Å². The maximum atomic E-state index is 15.0. The van der Waals surface area contributed by atoms with Gasteiger partial charge in [-0.1, -0.05) is 19.9 Å². The van der Waals surface area contributed by atoms with Crippen molar-refractivity contribution in [2.24, 2.45) is 5.92 Å². The number of methoxy groups -OCH3 is 1. The summed E-state index contributed by atoms with van der Waals surface area (Å²) in [6, 6.07) is 2.12. The fourth-order valence-corrected chi connectivity index (χ4v) is 3.23. The third-order valence-electron chi connectivity index (χ3n) is 4.71. The van der Waals surface area contributed by atoms with E-state index in [4.69, 9.17) is 4.74 Å². The molecule has 1 aliphatic heterocycles. The van der Waals surface area contributed by atoms with E-state index in [0.717, 1.165) is 24.2 Å². The van der Waals surface area contributed by atoms with E-state index in [1.165, 1.54) is 7.11 Å². The quantitative estimate of drug-likeness (QED) is 0.888. The summed E-state index contributed by atoms with van der Waals surface area (Å²) in [5.41, 5.74) is 2.73. The van der Waals surface area contributed by atoms with Gasteiger partial charge in [0.25, 0.3) is 0 Å². The van der Waals surface area contributed by atoms with Crippen LogP contribution in [0.5, 0.6) is 5.75 Å². The van der Waals surface area contributed by atoms with Crippen molar-refractivity contribution in [2.45, 2.75) is 33.2 Å². The van der Waals surface area contributed by atoms with Gasteiger partial charge in [-0.25, -0.2) is 14.4 Å². The van der Waals surface area contributed by atoms with Crippen LogP contribution in [0.2, 0.25) is 0 Å². The van der Waals surface area contributed by atoms with Crippen LogP contribution in [0.15, 0.2) is 12.1 Å². The van der Waals surface area contributed by atoms with Crippen LogP contribution in [0, 0.1) is 18.7 Å². The van der Waals surface area contributed by atoms with Crippen LogP contribution in [0.25, 0.3) is 16.5 Å². The second-order valence-corrected chi connectivity index (χ2v) is 6.72. The molecule has 1 aromatic carbocycles. The predicted octanol–water partition coefficient (Wildman–Crippen LogP) is 3.53. The molecule has 1 aromatic heterocycles. The summed E-state index contributed by atoms with van der Waals surface area (Å²) < 4.78 is 20.2. The number of rotatable bonds is 4. The van der Waals surface area contributed by atoms with E-state index in [9.17, 15) is 4.39 Å². The number of hydrogen-bond donors (Lipinski definition) is 2. The predicted molar refractivity (Wildman–Crippen MR) is 99.6 cm³/mol. The number of nitrogens with zero attached hydrogens (tertiary/aromatic N) is 2. The molecular weight excluding hydrogens is 319 g/mol. The van der Waals surface area contributed by atoms with Crippen LogP contribution in [0.3, 0.4) is 0 Å². The van der Waals surface area contributed by atoms with E-state index < -0.39 is 5.82 Å². The molecule has 3 rings (SSSR count). The summed E-state index contributed by atoms with van der Waals surface area (Å²) in [7, 11) is 3.20. The minimum absolute atomic E-state index is 0.179. The lowest BCUT2D eigenvalue weighted by Crippen LogP contribution is -2.36. The highest BCUT2D eigenvalue weighted by molar-refractivity contribution is 5.89. The van der Waals surface area contributed by atoms with E-state index in [-0.39, 0.29) is 11.8 Å². The molecule has 0 fully saturated rings. The topological polar surface area (TPSA) is 59.1 Å². The molecule has 2 aromatic rings. The molecule has 0 amide bonds. The second kappa shape index (κ2) is 6.96. The SMILES string of the molecule is CNc1cc2c(C)nc(C3=CC(C(C)C)NCC3)nc2c(F)c1OC. The van der Waals surface area contributed by atoms with Crippen LogP contribution in [-0.2, 0) is 0 Å². The van der Waals surface area contributed by atoms with Crippen LogP contribution in [-0.4, -0.2) is 36.7 Å². The van der Waals surface area contributed by atoms with Crippen molar-refractivity contribution < 1.29 is 9.13 Å². The average molecular weight is 344 g/mol. The number of benzene rings is 1. The molecule has 25 heavy (non-hydrogen) atoms. The third kappa shape index (κ3) is 3.18. The molecule has 1 aliphatic rings. The average Bonchev–Trinajstić information content (AvgIpc) is 2.62. The first-order valence-corrected chi connectivity index (χ1v) is 8.63. The van der Waals surface area contributed by atoms with E-state index in [1.807, 2.05) is 13.0 Å². The number of hydrogen-bond acceptors (Lipinski definition) is 5. The van der Waals surface area contributed by atoms with Gasteiger partial charge in [0.1, 0.15) is 5.52 Å². The Bertz CT molecular complexity index is 832. The maximum Gasteiger partial charge on any atom is 0.193 e. The minimum atomic E-state index is -0.453. The third-order valence-corrected chi connectivity index (χ3v) is 4.71. The lowest BCUT2D eigenvalue weighted by atomic mass is 9.96. The molecule has 134 valence electrons. The van der Waals surface area contributed by atoms with Gasteiger partial charge < -0.3 is 15.4 Å². The molecule has 2 N–H and O–H groups in total. The zero-order chi connectivity index (χ0) is 18.1. The Hall–Kier alpha value is -2.21. The zero-order valence-electron chi connectivity index (χ0n) is 15.4. The minimum Gasteiger partial charge on any atom is -0.492 e. The van der Waals surface area contributed by atoms with Gasteiger partial charge >= 0.3 is 0 Å². The lowest BCUT2D eigenvalue weighted by molar-refractivity contribution is 0.390. The van der Waals surface area contributed by atoms with E-state index in [0.29, 0.717) is 28.3 Å². The Balaban J connectivity index is 2.17. The van der Waals surface area contributed by atoms with Gasteiger partial charge in [-0.05, 0) is 37.4 Å². The number of nitrogens with one attached hydrogen (secondary N) is 2. The molecular formula is C19H25FN4O. The smallest absolute Gasteiger partial charge is 0.193 e. The number of aryl methyl sites for hydroxylation is 1. The molecule has 0 radical (unpaired) electrons. The normalized spacial score (nSPS) is 17.7. The Kier molecular flexibility index (Phi) is 4.90. The van der Waals surface area contributed by atoms with Crippen LogP contribution < -0.4 is 15.4 Å². The number of halogens is 1. The zero-order valence-corrected chi connectivity index (χ0v) is 15.4. The van der Waals surface area contributed by atoms with Crippen molar-refractivity contribution in [3.05, 3.63) is 29.5 Å². The molecule has 0 spiro atoms. The molecule has 6 heteroatoms. The van der Waals surface area contributed by atoms with Crippen LogP contribution in [0.1, 0.15) is 31.8 Å². The van der Waals surface area contributed by atoms with Gasteiger partial charge in [0.15, 0.2) is 17.4 Å². The number of ether oxygens (including phenoxy) is 1. The highest BCUT2D eigenvalue weighted by Gasteiger charge is 2.21. The molecule has 0 saturated carbocycles. The monoisotopic (exact) mass is 344 g/mol. The first-order chi connectivity index (χ1) is 12.0. The van der Waals surface area contributed by atoms with Crippen molar-refractivity contribution in [2.75, 3.05) is 26.0 Å². The van der Waals surface area contributed by atoms with Crippen LogP contribution in [0.4, 0.5) is 10.1 Å². The van der Waals surface area contributed by atoms with Gasteiger partial charge in [0.2, 0.25) is 0 Å². The molecule has 2 heterocycles. The van der Waals surface area contributed by atoms with Gasteiger partial charge in [-0.3, -0.25) is 0 Å². The summed E-state index contributed by atoms with van der Waals surface area (Å²) in [6.07, 6.45) is 3.01. The van der Waals surface area contributed by atoms with Crippen molar-refractivity contribution >= 4 is 22.2 Å². The number of anilines is 1. The molecule has 0 saturated heterocycles. The summed E-state index contributed by atoms with van der Waals surface area (Å²) in [4.78, 5) is 9.20. The Morgan fingerprint density at radius 2 is 2.12 bits per heavy atom. The van der Waals surface area contributed by atoms with Gasteiger partial charge in [-0.15, -0.1) is 0 Å². The highest BCUT2D eigenvalue weighted by atomic mass is 19.1. The van der Waals surface area contributed by atoms with Crippen molar-refractivity contribution in [3.63, 3.8) is 0 Å². The summed E-state index contributed by atoms with van der Waals surface area (Å²) in [5.74, 6) is 0.812. The van der Waals surface area contributed by atoms with Gasteiger partial charge in [-0.2, -0.15) is 0 Å². The van der Waals surface area contributed by atoms with E-state index >= 15 is 0 Å². The number of aromatic nitrogens is 2. The molecule has 0 bridgehead atoms. The standard InChI is InChI=1S/C19H25FN4O/c1-10(2)14-8-12(6-7-22-14)19-23-11(3)13-9-15(21-4)18(25-5)16(20)17(13)24-19/h8-10,14,21-22H,6-7H2,1-5H3. The first kappa shape index (κ1) is 17.6. The molecule has 1 unspecified atom stereocenters. The highest BCUT2D eigenvalue weighted by Crippen LogP contribution is 2.35. The summed E-state index contributed by atoms with van der Waals surface area (Å²) in [6.45, 7) is 7.11. The molecule has 5 nitrogen and oxygen atoms in total. The number of fused-ring (bicyclic) bond motifs is 1. The molecule has 0 aliphatic carbocycles. The fraction of sp³-hybridized carbons (Fsp3) is 0.474. The van der Waals surface area contributed by atoms with Gasteiger partial charge in [0.05, 0.1) is 12.8 Å². The summed E-state index contributed by atoms with van der Waals surface area (Å²) >= 11 is 0. The first-order valence-electron chi connectivity index (χ1n) is 8.63. The Labute approximate surface area is 147 Å². The summed E-state index contributed by atoms with van der Waals surface area (Å²) in [5, 5.41) is 7.14. The molecule has 1 atom stereocenters. The lowest BCUT2D eigenvalue weighted by Gasteiger charge is -2.25. The Morgan fingerprint density at radius 1 is 1.36 bits per heavy atom. The van der Waals surface area contributed by atoms with Crippen LogP contribution >= 0.6 is 0 Å². The maximum absolute atomic E-state index is 15.0. The van der Waals surface area contributed by atoms with Crippen molar-refractivity contribution in [3.8, 4) is 5.75 Å². The second-order valence-electron chi connectivity index (χ2n) is 6.72. The Morgan fingerprint density at radius 3 is 2.76 bits per heavy atom.